The van der Waals surface area contributed by atoms with Crippen LogP contribution in [0, 0.1) is 0 Å². The second-order valence-corrected chi connectivity index (χ2v) is 6.15. The molecule has 0 spiro atoms. The Morgan fingerprint density at radius 2 is 1.95 bits per heavy atom. The van der Waals surface area contributed by atoms with E-state index in [1.165, 1.54) is 0 Å². The third kappa shape index (κ3) is 7.48. The molecule has 0 aliphatic rings. The van der Waals surface area contributed by atoms with Gasteiger partial charge in [-0.05, 0) is 45.0 Å². The van der Waals surface area contributed by atoms with Crippen LogP contribution >= 0.6 is 11.6 Å². The highest BCUT2D eigenvalue weighted by Gasteiger charge is 2.17. The van der Waals surface area contributed by atoms with E-state index in [9.17, 15) is 9.90 Å². The molecule has 112 valence electrons. The van der Waals surface area contributed by atoms with E-state index in [0.717, 1.165) is 12.0 Å². The SMILES string of the molecule is CN(CC(=O)NCCc1ccc(Cl)cc1)CC(C)(C)O. The number of likely N-dealkylation sites (N-methyl/N-ethyl adjacent to an activating group) is 1. The molecule has 0 heterocycles. The lowest BCUT2D eigenvalue weighted by Crippen LogP contribution is -2.42. The van der Waals surface area contributed by atoms with Crippen molar-refractivity contribution in [3.63, 3.8) is 0 Å². The van der Waals surface area contributed by atoms with Gasteiger partial charge in [-0.25, -0.2) is 0 Å². The average molecular weight is 299 g/mol. The summed E-state index contributed by atoms with van der Waals surface area (Å²) in [6, 6.07) is 7.59. The van der Waals surface area contributed by atoms with Gasteiger partial charge in [-0.3, -0.25) is 9.69 Å². The van der Waals surface area contributed by atoms with Gasteiger partial charge in [0.2, 0.25) is 5.91 Å². The minimum Gasteiger partial charge on any atom is -0.389 e. The first-order valence-corrected chi connectivity index (χ1v) is 7.06. The van der Waals surface area contributed by atoms with Crippen molar-refractivity contribution in [2.45, 2.75) is 25.9 Å². The van der Waals surface area contributed by atoms with Gasteiger partial charge in [-0.1, -0.05) is 23.7 Å². The molecule has 0 saturated carbocycles. The van der Waals surface area contributed by atoms with Crippen LogP contribution in [-0.4, -0.2) is 48.2 Å². The lowest BCUT2D eigenvalue weighted by Gasteiger charge is -2.24. The van der Waals surface area contributed by atoms with Gasteiger partial charge >= 0.3 is 0 Å². The summed E-state index contributed by atoms with van der Waals surface area (Å²) in [4.78, 5) is 13.5. The van der Waals surface area contributed by atoms with Crippen LogP contribution in [0.4, 0.5) is 0 Å². The molecule has 1 aromatic carbocycles. The van der Waals surface area contributed by atoms with Crippen molar-refractivity contribution in [2.24, 2.45) is 0 Å². The van der Waals surface area contributed by atoms with Gasteiger partial charge in [0.25, 0.3) is 0 Å². The fraction of sp³-hybridized carbons (Fsp3) is 0.533. The summed E-state index contributed by atoms with van der Waals surface area (Å²) in [6.07, 6.45) is 0.776. The summed E-state index contributed by atoms with van der Waals surface area (Å²) in [5.41, 5.74) is 0.345. The lowest BCUT2D eigenvalue weighted by atomic mass is 10.1. The Morgan fingerprint density at radius 1 is 1.35 bits per heavy atom. The molecule has 2 N–H and O–H groups in total. The van der Waals surface area contributed by atoms with Crippen LogP contribution in [-0.2, 0) is 11.2 Å². The van der Waals surface area contributed by atoms with Crippen molar-refractivity contribution >= 4 is 17.5 Å². The number of rotatable bonds is 7. The predicted octanol–water partition coefficient (Wildman–Crippen LogP) is 1.70. The maximum atomic E-state index is 11.7. The van der Waals surface area contributed by atoms with Crippen molar-refractivity contribution in [3.05, 3.63) is 34.9 Å². The molecule has 1 amide bonds. The minimum atomic E-state index is -0.793. The maximum Gasteiger partial charge on any atom is 0.234 e. The number of hydrogen-bond acceptors (Lipinski definition) is 3. The molecule has 0 aliphatic carbocycles. The zero-order valence-electron chi connectivity index (χ0n) is 12.3. The molecule has 20 heavy (non-hydrogen) atoms. The van der Waals surface area contributed by atoms with Crippen LogP contribution in [0.3, 0.4) is 0 Å². The number of hydrogen-bond donors (Lipinski definition) is 2. The van der Waals surface area contributed by atoms with Crippen molar-refractivity contribution in [1.82, 2.24) is 10.2 Å². The number of aliphatic hydroxyl groups is 1. The van der Waals surface area contributed by atoms with E-state index < -0.39 is 5.60 Å². The Labute approximate surface area is 125 Å². The Balaban J connectivity index is 2.25. The Morgan fingerprint density at radius 3 is 2.50 bits per heavy atom. The van der Waals surface area contributed by atoms with E-state index in [2.05, 4.69) is 5.32 Å². The van der Waals surface area contributed by atoms with E-state index in [1.54, 1.807) is 18.7 Å². The monoisotopic (exact) mass is 298 g/mol. The summed E-state index contributed by atoms with van der Waals surface area (Å²) in [7, 11) is 1.82. The quantitative estimate of drug-likeness (QED) is 0.806. The first-order valence-electron chi connectivity index (χ1n) is 6.68. The first-order chi connectivity index (χ1) is 9.26. The summed E-state index contributed by atoms with van der Waals surface area (Å²) >= 11 is 5.81. The van der Waals surface area contributed by atoms with E-state index in [4.69, 9.17) is 11.6 Å². The van der Waals surface area contributed by atoms with Crippen molar-refractivity contribution in [3.8, 4) is 0 Å². The standard InChI is InChI=1S/C15H23ClN2O2/c1-15(2,20)11-18(3)10-14(19)17-9-8-12-4-6-13(16)7-5-12/h4-7,20H,8-11H2,1-3H3,(H,17,19). The Hall–Kier alpha value is -1.10. The van der Waals surface area contributed by atoms with Gasteiger partial charge in [0.15, 0.2) is 0 Å². The summed E-state index contributed by atoms with van der Waals surface area (Å²) in [5.74, 6) is -0.0364. The molecule has 1 rings (SSSR count). The summed E-state index contributed by atoms with van der Waals surface area (Å²) < 4.78 is 0. The van der Waals surface area contributed by atoms with Crippen molar-refractivity contribution in [2.75, 3.05) is 26.7 Å². The number of amides is 1. The molecular formula is C15H23ClN2O2. The number of carbonyl (C=O) groups excluding carboxylic acids is 1. The first kappa shape index (κ1) is 17.0. The normalized spacial score (nSPS) is 11.7. The minimum absolute atomic E-state index is 0.0364. The molecule has 0 radical (unpaired) electrons. The van der Waals surface area contributed by atoms with E-state index in [0.29, 0.717) is 18.1 Å². The largest absolute Gasteiger partial charge is 0.389 e. The van der Waals surface area contributed by atoms with Crippen molar-refractivity contribution in [1.29, 1.82) is 0 Å². The highest BCUT2D eigenvalue weighted by molar-refractivity contribution is 6.30. The average Bonchev–Trinajstić information content (AvgIpc) is 2.29. The lowest BCUT2D eigenvalue weighted by molar-refractivity contribution is -0.122. The molecule has 5 heteroatoms. The highest BCUT2D eigenvalue weighted by atomic mass is 35.5. The van der Waals surface area contributed by atoms with Crippen molar-refractivity contribution < 1.29 is 9.90 Å². The van der Waals surface area contributed by atoms with Gasteiger partial charge < -0.3 is 10.4 Å². The van der Waals surface area contributed by atoms with Crippen LogP contribution < -0.4 is 5.32 Å². The second-order valence-electron chi connectivity index (χ2n) is 5.71. The smallest absolute Gasteiger partial charge is 0.234 e. The molecule has 0 bridgehead atoms. The number of halogens is 1. The highest BCUT2D eigenvalue weighted by Crippen LogP contribution is 2.09. The molecule has 4 nitrogen and oxygen atoms in total. The van der Waals surface area contributed by atoms with Crippen LogP contribution in [0.15, 0.2) is 24.3 Å². The van der Waals surface area contributed by atoms with Gasteiger partial charge in [0.05, 0.1) is 12.1 Å². The molecule has 0 saturated heterocycles. The Kier molecular flexibility index (Phi) is 6.46. The summed E-state index contributed by atoms with van der Waals surface area (Å²) in [5, 5.41) is 13.2. The predicted molar refractivity (Wildman–Crippen MR) is 82.0 cm³/mol. The third-order valence-electron chi connectivity index (χ3n) is 2.72. The maximum absolute atomic E-state index is 11.7. The fourth-order valence-electron chi connectivity index (χ4n) is 2.01. The number of carbonyl (C=O) groups is 1. The van der Waals surface area contributed by atoms with Gasteiger partial charge in [-0.15, -0.1) is 0 Å². The molecule has 0 aliphatic heterocycles. The molecule has 0 atom stereocenters. The second kappa shape index (κ2) is 7.62. The van der Waals surface area contributed by atoms with Crippen LogP contribution in [0.1, 0.15) is 19.4 Å². The van der Waals surface area contributed by atoms with Crippen LogP contribution in [0.2, 0.25) is 5.02 Å². The van der Waals surface area contributed by atoms with Gasteiger partial charge in [0, 0.05) is 18.1 Å². The summed E-state index contributed by atoms with van der Waals surface area (Å²) in [6.45, 7) is 4.78. The molecule has 0 aromatic heterocycles. The van der Waals surface area contributed by atoms with E-state index in [-0.39, 0.29) is 12.5 Å². The van der Waals surface area contributed by atoms with Crippen LogP contribution in [0.25, 0.3) is 0 Å². The van der Waals surface area contributed by atoms with Gasteiger partial charge in [0.1, 0.15) is 0 Å². The fourth-order valence-corrected chi connectivity index (χ4v) is 2.14. The molecular weight excluding hydrogens is 276 g/mol. The van der Waals surface area contributed by atoms with Gasteiger partial charge in [-0.2, -0.15) is 0 Å². The number of benzene rings is 1. The zero-order chi connectivity index (χ0) is 15.2. The van der Waals surface area contributed by atoms with E-state index in [1.807, 2.05) is 31.3 Å². The molecule has 1 aromatic rings. The van der Waals surface area contributed by atoms with Crippen LogP contribution in [0.5, 0.6) is 0 Å². The van der Waals surface area contributed by atoms with E-state index >= 15 is 0 Å². The number of nitrogens with one attached hydrogen (secondary N) is 1. The topological polar surface area (TPSA) is 52.6 Å². The molecule has 0 fully saturated rings. The zero-order valence-corrected chi connectivity index (χ0v) is 13.1. The Bertz CT molecular complexity index is 426. The molecule has 0 unspecified atom stereocenters. The third-order valence-corrected chi connectivity index (χ3v) is 2.97. The number of nitrogens with zero attached hydrogens (tertiary/aromatic N) is 1.